The lowest BCUT2D eigenvalue weighted by Gasteiger charge is -2.23. The standard InChI is InChI=1S/C19H30N4O/c1-3-20-19(23(2)15-16-10-6-4-7-11-16)21-14-18(24)22-17-12-8-5-9-13-17/h4,6-7,10-11,17H,3,5,8-9,12-15H2,1-2H3,(H,20,21)(H,22,24). The maximum absolute atomic E-state index is 12.1. The number of hydrogen-bond acceptors (Lipinski definition) is 2. The van der Waals surface area contributed by atoms with E-state index in [-0.39, 0.29) is 12.5 Å². The number of benzene rings is 1. The van der Waals surface area contributed by atoms with Gasteiger partial charge in [0, 0.05) is 26.2 Å². The van der Waals surface area contributed by atoms with Crippen LogP contribution >= 0.6 is 0 Å². The Hall–Kier alpha value is -2.04. The fourth-order valence-corrected chi connectivity index (χ4v) is 3.07. The molecule has 1 saturated carbocycles. The summed E-state index contributed by atoms with van der Waals surface area (Å²) in [7, 11) is 1.99. The molecule has 1 amide bonds. The average molecular weight is 330 g/mol. The van der Waals surface area contributed by atoms with Crippen LogP contribution in [0.2, 0.25) is 0 Å². The number of carbonyl (C=O) groups is 1. The van der Waals surface area contributed by atoms with Gasteiger partial charge in [-0.2, -0.15) is 0 Å². The third-order valence-corrected chi connectivity index (χ3v) is 4.30. The normalized spacial score (nSPS) is 15.8. The number of carbonyl (C=O) groups excluding carboxylic acids is 1. The first kappa shape index (κ1) is 18.3. The third-order valence-electron chi connectivity index (χ3n) is 4.30. The molecule has 1 fully saturated rings. The number of hydrogen-bond donors (Lipinski definition) is 2. The van der Waals surface area contributed by atoms with E-state index in [0.717, 1.165) is 31.9 Å². The second-order valence-corrected chi connectivity index (χ2v) is 6.41. The maximum Gasteiger partial charge on any atom is 0.242 e. The molecule has 5 heteroatoms. The molecule has 0 heterocycles. The van der Waals surface area contributed by atoms with Gasteiger partial charge in [0.05, 0.1) is 0 Å². The smallest absolute Gasteiger partial charge is 0.242 e. The van der Waals surface area contributed by atoms with Gasteiger partial charge in [0.15, 0.2) is 5.96 Å². The molecule has 1 aliphatic carbocycles. The monoisotopic (exact) mass is 330 g/mol. The minimum atomic E-state index is 0.0189. The molecule has 5 nitrogen and oxygen atoms in total. The highest BCUT2D eigenvalue weighted by Crippen LogP contribution is 2.17. The van der Waals surface area contributed by atoms with E-state index < -0.39 is 0 Å². The summed E-state index contributed by atoms with van der Waals surface area (Å²) in [6.45, 7) is 3.76. The summed E-state index contributed by atoms with van der Waals surface area (Å²) >= 11 is 0. The summed E-state index contributed by atoms with van der Waals surface area (Å²) < 4.78 is 0. The molecule has 0 bridgehead atoms. The van der Waals surface area contributed by atoms with Crippen LogP contribution in [-0.4, -0.2) is 42.9 Å². The zero-order valence-electron chi connectivity index (χ0n) is 14.9. The van der Waals surface area contributed by atoms with Gasteiger partial charge >= 0.3 is 0 Å². The molecular weight excluding hydrogens is 300 g/mol. The van der Waals surface area contributed by atoms with Crippen molar-refractivity contribution in [3.8, 4) is 0 Å². The van der Waals surface area contributed by atoms with Crippen molar-refractivity contribution in [3.63, 3.8) is 0 Å². The molecule has 0 spiro atoms. The number of nitrogens with zero attached hydrogens (tertiary/aromatic N) is 2. The second-order valence-electron chi connectivity index (χ2n) is 6.41. The minimum Gasteiger partial charge on any atom is -0.357 e. The molecule has 1 aromatic rings. The molecule has 1 aromatic carbocycles. The Kier molecular flexibility index (Phi) is 7.59. The molecule has 0 atom stereocenters. The summed E-state index contributed by atoms with van der Waals surface area (Å²) in [5.41, 5.74) is 1.22. The number of aliphatic imine (C=N–C) groups is 1. The van der Waals surface area contributed by atoms with E-state index in [0.29, 0.717) is 6.04 Å². The fourth-order valence-electron chi connectivity index (χ4n) is 3.07. The largest absolute Gasteiger partial charge is 0.357 e. The van der Waals surface area contributed by atoms with E-state index in [2.05, 4.69) is 27.8 Å². The van der Waals surface area contributed by atoms with Crippen molar-refractivity contribution in [2.45, 2.75) is 51.6 Å². The predicted octanol–water partition coefficient (Wildman–Crippen LogP) is 2.53. The molecular formula is C19H30N4O. The van der Waals surface area contributed by atoms with Crippen LogP contribution < -0.4 is 10.6 Å². The quantitative estimate of drug-likeness (QED) is 0.622. The van der Waals surface area contributed by atoms with Crippen LogP contribution in [0.25, 0.3) is 0 Å². The van der Waals surface area contributed by atoms with E-state index in [1.807, 2.05) is 37.1 Å². The molecule has 24 heavy (non-hydrogen) atoms. The highest BCUT2D eigenvalue weighted by molar-refractivity contribution is 5.85. The summed E-state index contributed by atoms with van der Waals surface area (Å²) in [5.74, 6) is 0.783. The van der Waals surface area contributed by atoms with Crippen molar-refractivity contribution in [1.82, 2.24) is 15.5 Å². The topological polar surface area (TPSA) is 56.7 Å². The van der Waals surface area contributed by atoms with Gasteiger partial charge in [-0.05, 0) is 25.3 Å². The third kappa shape index (κ3) is 6.22. The first-order valence-electron chi connectivity index (χ1n) is 9.01. The Morgan fingerprint density at radius 2 is 1.92 bits per heavy atom. The van der Waals surface area contributed by atoms with Crippen molar-refractivity contribution in [1.29, 1.82) is 0 Å². The zero-order valence-corrected chi connectivity index (χ0v) is 14.9. The van der Waals surface area contributed by atoms with Gasteiger partial charge in [-0.3, -0.25) is 4.79 Å². The molecule has 2 N–H and O–H groups in total. The van der Waals surface area contributed by atoms with Crippen LogP contribution in [0.5, 0.6) is 0 Å². The van der Waals surface area contributed by atoms with Gasteiger partial charge < -0.3 is 15.5 Å². The highest BCUT2D eigenvalue weighted by Gasteiger charge is 2.15. The number of rotatable bonds is 6. The van der Waals surface area contributed by atoms with E-state index in [1.54, 1.807) is 0 Å². The second kappa shape index (κ2) is 9.96. The van der Waals surface area contributed by atoms with Crippen molar-refractivity contribution >= 4 is 11.9 Å². The lowest BCUT2D eigenvalue weighted by Crippen LogP contribution is -2.41. The van der Waals surface area contributed by atoms with Crippen LogP contribution in [0.1, 0.15) is 44.6 Å². The Morgan fingerprint density at radius 3 is 2.58 bits per heavy atom. The lowest BCUT2D eigenvalue weighted by atomic mass is 9.95. The van der Waals surface area contributed by atoms with Crippen LogP contribution in [-0.2, 0) is 11.3 Å². The summed E-state index contributed by atoms with van der Waals surface area (Å²) in [6.07, 6.45) is 5.93. The maximum atomic E-state index is 12.1. The SMILES string of the molecule is CCNC(=NCC(=O)NC1CCCCC1)N(C)Cc1ccccc1. The Balaban J connectivity index is 1.87. The highest BCUT2D eigenvalue weighted by atomic mass is 16.1. The molecule has 1 aliphatic rings. The molecule has 0 radical (unpaired) electrons. The first-order chi connectivity index (χ1) is 11.7. The van der Waals surface area contributed by atoms with Crippen LogP contribution in [0.4, 0.5) is 0 Å². The van der Waals surface area contributed by atoms with Gasteiger partial charge in [0.2, 0.25) is 5.91 Å². The van der Waals surface area contributed by atoms with Crippen LogP contribution in [0.15, 0.2) is 35.3 Å². The molecule has 0 aromatic heterocycles. The summed E-state index contributed by atoms with van der Waals surface area (Å²) in [5, 5.41) is 6.37. The Labute approximate surface area is 145 Å². The van der Waals surface area contributed by atoms with E-state index in [9.17, 15) is 4.79 Å². The van der Waals surface area contributed by atoms with Crippen LogP contribution in [0.3, 0.4) is 0 Å². The van der Waals surface area contributed by atoms with Crippen LogP contribution in [0, 0.1) is 0 Å². The molecule has 2 rings (SSSR count). The van der Waals surface area contributed by atoms with Crippen molar-refractivity contribution in [2.75, 3.05) is 20.1 Å². The van der Waals surface area contributed by atoms with Gasteiger partial charge in [0.25, 0.3) is 0 Å². The van der Waals surface area contributed by atoms with E-state index >= 15 is 0 Å². The Morgan fingerprint density at radius 1 is 1.21 bits per heavy atom. The van der Waals surface area contributed by atoms with Gasteiger partial charge in [-0.1, -0.05) is 49.6 Å². The van der Waals surface area contributed by atoms with Gasteiger partial charge in [-0.15, -0.1) is 0 Å². The zero-order chi connectivity index (χ0) is 17.2. The Bertz CT molecular complexity index is 523. The van der Waals surface area contributed by atoms with Crippen molar-refractivity contribution < 1.29 is 4.79 Å². The summed E-state index contributed by atoms with van der Waals surface area (Å²) in [6, 6.07) is 10.6. The van der Waals surface area contributed by atoms with Crippen molar-refractivity contribution in [3.05, 3.63) is 35.9 Å². The number of amides is 1. The van der Waals surface area contributed by atoms with E-state index in [4.69, 9.17) is 0 Å². The summed E-state index contributed by atoms with van der Waals surface area (Å²) in [4.78, 5) is 18.7. The molecule has 0 saturated heterocycles. The van der Waals surface area contributed by atoms with Crippen molar-refractivity contribution in [2.24, 2.45) is 4.99 Å². The minimum absolute atomic E-state index is 0.0189. The number of nitrogens with one attached hydrogen (secondary N) is 2. The fraction of sp³-hybridized carbons (Fsp3) is 0.579. The number of guanidine groups is 1. The molecule has 0 aliphatic heterocycles. The average Bonchev–Trinajstić information content (AvgIpc) is 2.60. The lowest BCUT2D eigenvalue weighted by molar-refractivity contribution is -0.120. The van der Waals surface area contributed by atoms with Gasteiger partial charge in [-0.25, -0.2) is 4.99 Å². The molecule has 0 unspecified atom stereocenters. The van der Waals surface area contributed by atoms with Gasteiger partial charge in [0.1, 0.15) is 6.54 Å². The predicted molar refractivity (Wildman–Crippen MR) is 98.9 cm³/mol. The molecule has 132 valence electrons. The van der Waals surface area contributed by atoms with E-state index in [1.165, 1.54) is 24.8 Å². The first-order valence-corrected chi connectivity index (χ1v) is 9.01.